The number of Topliss-reactive ketones (excluding diaryl/α,β-unsaturated/α-hetero) is 1. The summed E-state index contributed by atoms with van der Waals surface area (Å²) >= 11 is 0. The van der Waals surface area contributed by atoms with Crippen molar-refractivity contribution in [2.24, 2.45) is 0 Å². The lowest BCUT2D eigenvalue weighted by Gasteiger charge is -2.05. The highest BCUT2D eigenvalue weighted by Gasteiger charge is 2.15. The summed E-state index contributed by atoms with van der Waals surface area (Å²) in [6, 6.07) is 0. The van der Waals surface area contributed by atoms with Gasteiger partial charge in [0.05, 0.1) is 0 Å². The molecule has 11 heavy (non-hydrogen) atoms. The van der Waals surface area contributed by atoms with Gasteiger partial charge in [-0.15, -0.1) is 0 Å². The smallest absolute Gasteiger partial charge is 0.204 e. The molecule has 0 atom stereocenters. The van der Waals surface area contributed by atoms with Crippen LogP contribution >= 0.6 is 0 Å². The van der Waals surface area contributed by atoms with Gasteiger partial charge in [-0.2, -0.15) is 0 Å². The van der Waals surface area contributed by atoms with E-state index in [9.17, 15) is 4.79 Å². The van der Waals surface area contributed by atoms with Crippen molar-refractivity contribution in [3.8, 4) is 0 Å². The van der Waals surface area contributed by atoms with Crippen molar-refractivity contribution < 1.29 is 9.42 Å². The SMILES string of the molecule is CC(=O)c1nonc1N(C)C. The lowest BCUT2D eigenvalue weighted by atomic mass is 10.3. The Balaban J connectivity index is 3.06. The maximum Gasteiger partial charge on any atom is 0.204 e. The zero-order chi connectivity index (χ0) is 8.43. The van der Waals surface area contributed by atoms with E-state index in [-0.39, 0.29) is 11.5 Å². The van der Waals surface area contributed by atoms with Crippen LogP contribution in [0.2, 0.25) is 0 Å². The molecule has 0 saturated heterocycles. The van der Waals surface area contributed by atoms with Gasteiger partial charge >= 0.3 is 0 Å². The Morgan fingerprint density at radius 1 is 1.45 bits per heavy atom. The number of hydrogen-bond acceptors (Lipinski definition) is 5. The highest BCUT2D eigenvalue weighted by molar-refractivity contribution is 5.96. The molecule has 0 spiro atoms. The Kier molecular flexibility index (Phi) is 1.89. The largest absolute Gasteiger partial charge is 0.358 e. The topological polar surface area (TPSA) is 59.2 Å². The van der Waals surface area contributed by atoms with Crippen LogP contribution in [0, 0.1) is 0 Å². The molecule has 0 unspecified atom stereocenters. The summed E-state index contributed by atoms with van der Waals surface area (Å²) in [6.45, 7) is 1.42. The average Bonchev–Trinajstić information content (AvgIpc) is 2.32. The first-order chi connectivity index (χ1) is 5.13. The summed E-state index contributed by atoms with van der Waals surface area (Å²) in [6.07, 6.45) is 0. The fourth-order valence-corrected chi connectivity index (χ4v) is 0.699. The molecule has 0 aromatic carbocycles. The number of nitrogens with zero attached hydrogens (tertiary/aromatic N) is 3. The van der Waals surface area contributed by atoms with Crippen LogP contribution in [0.1, 0.15) is 17.4 Å². The maximum absolute atomic E-state index is 10.8. The van der Waals surface area contributed by atoms with Gasteiger partial charge in [0, 0.05) is 21.0 Å². The fraction of sp³-hybridized carbons (Fsp3) is 0.500. The van der Waals surface area contributed by atoms with E-state index < -0.39 is 0 Å². The summed E-state index contributed by atoms with van der Waals surface area (Å²) in [7, 11) is 3.54. The van der Waals surface area contributed by atoms with Gasteiger partial charge in [-0.25, -0.2) is 4.63 Å². The molecule has 60 valence electrons. The summed E-state index contributed by atoms with van der Waals surface area (Å²) in [4.78, 5) is 12.5. The van der Waals surface area contributed by atoms with Crippen LogP contribution < -0.4 is 4.90 Å². The normalized spacial score (nSPS) is 9.73. The summed E-state index contributed by atoms with van der Waals surface area (Å²) in [5.41, 5.74) is 0.273. The van der Waals surface area contributed by atoms with E-state index in [0.29, 0.717) is 5.82 Å². The van der Waals surface area contributed by atoms with Crippen molar-refractivity contribution in [2.45, 2.75) is 6.92 Å². The van der Waals surface area contributed by atoms with E-state index in [1.807, 2.05) is 0 Å². The Labute approximate surface area is 63.9 Å². The van der Waals surface area contributed by atoms with Gasteiger partial charge in [0.25, 0.3) is 0 Å². The molecule has 0 aliphatic heterocycles. The zero-order valence-electron chi connectivity index (χ0n) is 6.66. The molecule has 0 saturated carbocycles. The van der Waals surface area contributed by atoms with Gasteiger partial charge in [0.1, 0.15) is 0 Å². The molecule has 0 aliphatic carbocycles. The molecule has 0 amide bonds. The number of aromatic nitrogens is 2. The summed E-state index contributed by atoms with van der Waals surface area (Å²) < 4.78 is 4.41. The van der Waals surface area contributed by atoms with Crippen molar-refractivity contribution in [1.82, 2.24) is 10.3 Å². The van der Waals surface area contributed by atoms with Crippen LogP contribution in [0.3, 0.4) is 0 Å². The van der Waals surface area contributed by atoms with E-state index in [4.69, 9.17) is 0 Å². The number of carbonyl (C=O) groups excluding carboxylic acids is 1. The van der Waals surface area contributed by atoms with Crippen LogP contribution in [-0.2, 0) is 0 Å². The Bertz CT molecular complexity index is 267. The monoisotopic (exact) mass is 155 g/mol. The predicted octanol–water partition coefficient (Wildman–Crippen LogP) is 0.338. The van der Waals surface area contributed by atoms with Crippen LogP contribution in [-0.4, -0.2) is 30.2 Å². The van der Waals surface area contributed by atoms with Gasteiger partial charge < -0.3 is 4.90 Å². The molecular weight excluding hydrogens is 146 g/mol. The van der Waals surface area contributed by atoms with Gasteiger partial charge in [-0.1, -0.05) is 0 Å². The minimum absolute atomic E-state index is 0.144. The first kappa shape index (κ1) is 7.71. The Morgan fingerprint density at radius 2 is 2.09 bits per heavy atom. The van der Waals surface area contributed by atoms with Crippen LogP contribution in [0.5, 0.6) is 0 Å². The molecule has 1 aromatic rings. The van der Waals surface area contributed by atoms with Crippen molar-refractivity contribution in [1.29, 1.82) is 0 Å². The second-order valence-electron chi connectivity index (χ2n) is 2.39. The molecule has 1 rings (SSSR count). The van der Waals surface area contributed by atoms with Crippen LogP contribution in [0.15, 0.2) is 4.63 Å². The van der Waals surface area contributed by atoms with Crippen molar-refractivity contribution in [3.05, 3.63) is 5.69 Å². The van der Waals surface area contributed by atoms with E-state index in [2.05, 4.69) is 14.9 Å². The molecule has 0 aliphatic rings. The average molecular weight is 155 g/mol. The first-order valence-corrected chi connectivity index (χ1v) is 3.13. The van der Waals surface area contributed by atoms with E-state index in [1.54, 1.807) is 19.0 Å². The van der Waals surface area contributed by atoms with Crippen LogP contribution in [0.25, 0.3) is 0 Å². The zero-order valence-corrected chi connectivity index (χ0v) is 6.66. The van der Waals surface area contributed by atoms with Crippen molar-refractivity contribution in [2.75, 3.05) is 19.0 Å². The lowest BCUT2D eigenvalue weighted by molar-refractivity contribution is 0.100. The Morgan fingerprint density at radius 3 is 2.45 bits per heavy atom. The first-order valence-electron chi connectivity index (χ1n) is 3.13. The third kappa shape index (κ3) is 1.36. The number of hydrogen-bond donors (Lipinski definition) is 0. The van der Waals surface area contributed by atoms with Gasteiger partial charge in [0.15, 0.2) is 11.5 Å². The van der Waals surface area contributed by atoms with E-state index in [1.165, 1.54) is 6.92 Å². The number of anilines is 1. The molecule has 1 aromatic heterocycles. The van der Waals surface area contributed by atoms with E-state index >= 15 is 0 Å². The number of rotatable bonds is 2. The minimum Gasteiger partial charge on any atom is -0.358 e. The van der Waals surface area contributed by atoms with Gasteiger partial charge in [-0.05, 0) is 10.3 Å². The van der Waals surface area contributed by atoms with Gasteiger partial charge in [-0.3, -0.25) is 4.79 Å². The molecule has 0 radical (unpaired) electrons. The van der Waals surface area contributed by atoms with Gasteiger partial charge in [0.2, 0.25) is 5.82 Å². The summed E-state index contributed by atoms with van der Waals surface area (Å²) in [5.74, 6) is 0.326. The number of carbonyl (C=O) groups is 1. The van der Waals surface area contributed by atoms with E-state index in [0.717, 1.165) is 0 Å². The minimum atomic E-state index is -0.144. The predicted molar refractivity (Wildman–Crippen MR) is 38.6 cm³/mol. The second-order valence-corrected chi connectivity index (χ2v) is 2.39. The fourth-order valence-electron chi connectivity index (χ4n) is 0.699. The molecule has 1 heterocycles. The quantitative estimate of drug-likeness (QED) is 0.576. The molecule has 0 bridgehead atoms. The van der Waals surface area contributed by atoms with Crippen LogP contribution in [0.4, 0.5) is 5.82 Å². The van der Waals surface area contributed by atoms with Crippen molar-refractivity contribution >= 4 is 11.6 Å². The highest BCUT2D eigenvalue weighted by Crippen LogP contribution is 2.12. The lowest BCUT2D eigenvalue weighted by Crippen LogP contribution is -2.12. The summed E-state index contributed by atoms with van der Waals surface area (Å²) in [5, 5.41) is 7.02. The molecule has 0 N–H and O–H groups in total. The maximum atomic E-state index is 10.8. The Hall–Kier alpha value is -1.39. The molecule has 5 heteroatoms. The third-order valence-electron chi connectivity index (χ3n) is 1.23. The van der Waals surface area contributed by atoms with Crippen molar-refractivity contribution in [3.63, 3.8) is 0 Å². The standard InChI is InChI=1S/C6H9N3O2/c1-4(10)5-6(9(2)3)8-11-7-5/h1-3H3. The molecule has 0 fully saturated rings. The highest BCUT2D eigenvalue weighted by atomic mass is 16.6. The molecular formula is C6H9N3O2. The third-order valence-corrected chi connectivity index (χ3v) is 1.23. The second kappa shape index (κ2) is 2.69. The molecule has 5 nitrogen and oxygen atoms in total. The number of ketones is 1.